The monoisotopic (exact) mass is 492 g/mol. The van der Waals surface area contributed by atoms with E-state index in [0.717, 1.165) is 15.2 Å². The Bertz CT molecular complexity index is 1260. The summed E-state index contributed by atoms with van der Waals surface area (Å²) in [6, 6.07) is 6.58. The van der Waals surface area contributed by atoms with E-state index in [1.807, 2.05) is 11.4 Å². The predicted octanol–water partition coefficient (Wildman–Crippen LogP) is 2.09. The lowest BCUT2D eigenvalue weighted by Gasteiger charge is -2.34. The summed E-state index contributed by atoms with van der Waals surface area (Å²) in [4.78, 5) is 23.1. The van der Waals surface area contributed by atoms with E-state index in [9.17, 15) is 13.2 Å². The minimum absolute atomic E-state index is 0.0327. The second kappa shape index (κ2) is 8.85. The Kier molecular flexibility index (Phi) is 5.93. The van der Waals surface area contributed by atoms with Gasteiger partial charge in [0.15, 0.2) is 11.5 Å². The first kappa shape index (κ1) is 21.4. The third-order valence-electron chi connectivity index (χ3n) is 5.29. The summed E-state index contributed by atoms with van der Waals surface area (Å²) in [6.45, 7) is 2.03. The number of amides is 1. The van der Waals surface area contributed by atoms with Gasteiger partial charge < -0.3 is 14.4 Å². The van der Waals surface area contributed by atoms with Gasteiger partial charge in [-0.25, -0.2) is 18.4 Å². The van der Waals surface area contributed by atoms with Crippen LogP contribution in [0.4, 0.5) is 0 Å². The molecule has 1 saturated heterocycles. The number of piperazine rings is 1. The minimum atomic E-state index is -3.68. The first-order valence-electron chi connectivity index (χ1n) is 10.0. The number of fused-ring (bicyclic) bond motifs is 2. The Hall–Kier alpha value is -2.41. The minimum Gasteiger partial charge on any atom is -0.486 e. The highest BCUT2D eigenvalue weighted by Crippen LogP contribution is 2.33. The van der Waals surface area contributed by atoms with Gasteiger partial charge in [-0.3, -0.25) is 4.79 Å². The molecule has 0 atom stereocenters. The third-order valence-corrected chi connectivity index (χ3v) is 9.19. The number of carbonyl (C=O) groups is 1. The molecule has 168 valence electrons. The standard InChI is InChI=1S/C20H20N4O5S3/c25-18(12-31-20-19-15(3-10-30-19)21-13-22-20)23-4-6-24(7-5-23)32(26,27)14-1-2-16-17(11-14)29-9-8-28-16/h1-3,10-11,13H,4-9,12H2. The average Bonchev–Trinajstić information content (AvgIpc) is 3.32. The van der Waals surface area contributed by atoms with Gasteiger partial charge in [0, 0.05) is 32.2 Å². The topological polar surface area (TPSA) is 102 Å². The highest BCUT2D eigenvalue weighted by Gasteiger charge is 2.31. The molecule has 12 heteroatoms. The van der Waals surface area contributed by atoms with Gasteiger partial charge in [-0.15, -0.1) is 11.3 Å². The zero-order valence-corrected chi connectivity index (χ0v) is 19.4. The number of thiophene rings is 1. The first-order valence-corrected chi connectivity index (χ1v) is 13.3. The molecule has 3 aromatic rings. The molecule has 2 aromatic heterocycles. The van der Waals surface area contributed by atoms with Gasteiger partial charge in [-0.2, -0.15) is 4.31 Å². The number of ether oxygens (including phenoxy) is 2. The SMILES string of the molecule is O=C(CSc1ncnc2ccsc12)N1CCN(S(=O)(=O)c2ccc3c(c2)OCCO3)CC1. The van der Waals surface area contributed by atoms with E-state index in [1.165, 1.54) is 34.5 Å². The van der Waals surface area contributed by atoms with Gasteiger partial charge in [0.2, 0.25) is 15.9 Å². The Morgan fingerprint density at radius 2 is 1.84 bits per heavy atom. The Morgan fingerprint density at radius 1 is 1.06 bits per heavy atom. The van der Waals surface area contributed by atoms with Crippen molar-refractivity contribution in [1.29, 1.82) is 0 Å². The molecule has 0 spiro atoms. The van der Waals surface area contributed by atoms with E-state index in [4.69, 9.17) is 9.47 Å². The van der Waals surface area contributed by atoms with Crippen LogP contribution in [0.15, 0.2) is 45.9 Å². The third kappa shape index (κ3) is 4.15. The van der Waals surface area contributed by atoms with Crippen LogP contribution in [-0.2, 0) is 14.8 Å². The summed E-state index contributed by atoms with van der Waals surface area (Å²) in [5, 5.41) is 2.74. The fraction of sp³-hybridized carbons (Fsp3) is 0.350. The highest BCUT2D eigenvalue weighted by atomic mass is 32.2. The predicted molar refractivity (Wildman–Crippen MR) is 121 cm³/mol. The zero-order valence-electron chi connectivity index (χ0n) is 17.0. The molecule has 2 aliphatic heterocycles. The smallest absolute Gasteiger partial charge is 0.243 e. The second-order valence-corrected chi connectivity index (χ2v) is 11.0. The first-order chi connectivity index (χ1) is 15.5. The Labute approximate surface area is 193 Å². The number of thioether (sulfide) groups is 1. The molecule has 9 nitrogen and oxygen atoms in total. The molecule has 4 heterocycles. The summed E-state index contributed by atoms with van der Waals surface area (Å²) in [6.07, 6.45) is 1.50. The van der Waals surface area contributed by atoms with Gasteiger partial charge in [0.1, 0.15) is 24.6 Å². The van der Waals surface area contributed by atoms with Crippen LogP contribution < -0.4 is 9.47 Å². The van der Waals surface area contributed by atoms with Crippen LogP contribution in [-0.4, -0.2) is 78.6 Å². The summed E-state index contributed by atoms with van der Waals surface area (Å²) >= 11 is 2.93. The Balaban J connectivity index is 1.20. The van der Waals surface area contributed by atoms with E-state index in [1.54, 1.807) is 22.3 Å². The molecule has 1 amide bonds. The van der Waals surface area contributed by atoms with Crippen molar-refractivity contribution in [3.63, 3.8) is 0 Å². The van der Waals surface area contributed by atoms with E-state index in [2.05, 4.69) is 9.97 Å². The number of sulfonamides is 1. The van der Waals surface area contributed by atoms with Crippen molar-refractivity contribution in [3.05, 3.63) is 36.0 Å². The van der Waals surface area contributed by atoms with Crippen LogP contribution in [0.25, 0.3) is 10.2 Å². The number of hydrogen-bond acceptors (Lipinski definition) is 9. The van der Waals surface area contributed by atoms with Crippen molar-refractivity contribution in [2.24, 2.45) is 0 Å². The van der Waals surface area contributed by atoms with Crippen LogP contribution in [0.5, 0.6) is 11.5 Å². The zero-order chi connectivity index (χ0) is 22.1. The van der Waals surface area contributed by atoms with Gasteiger partial charge >= 0.3 is 0 Å². The van der Waals surface area contributed by atoms with Crippen LogP contribution in [0.1, 0.15) is 0 Å². The van der Waals surface area contributed by atoms with Gasteiger partial charge in [0.25, 0.3) is 0 Å². The molecule has 2 aliphatic rings. The molecule has 1 aromatic carbocycles. The van der Waals surface area contributed by atoms with Crippen molar-refractivity contribution in [2.75, 3.05) is 45.1 Å². The van der Waals surface area contributed by atoms with Gasteiger partial charge in [0.05, 0.1) is 20.9 Å². The number of carbonyl (C=O) groups excluding carboxylic acids is 1. The summed E-state index contributed by atoms with van der Waals surface area (Å²) < 4.78 is 39.5. The number of benzene rings is 1. The van der Waals surface area contributed by atoms with Crippen LogP contribution in [0.2, 0.25) is 0 Å². The lowest BCUT2D eigenvalue weighted by atomic mass is 10.3. The molecular formula is C20H20N4O5S3. The number of aromatic nitrogens is 2. The number of nitrogens with zero attached hydrogens (tertiary/aromatic N) is 4. The molecule has 0 unspecified atom stereocenters. The largest absolute Gasteiger partial charge is 0.486 e. The molecule has 32 heavy (non-hydrogen) atoms. The molecule has 5 rings (SSSR count). The number of rotatable bonds is 5. The van der Waals surface area contributed by atoms with Crippen molar-refractivity contribution in [3.8, 4) is 11.5 Å². The maximum atomic E-state index is 13.1. The lowest BCUT2D eigenvalue weighted by Crippen LogP contribution is -2.50. The molecular weight excluding hydrogens is 472 g/mol. The summed E-state index contributed by atoms with van der Waals surface area (Å²) in [5.74, 6) is 1.20. The van der Waals surface area contributed by atoms with Gasteiger partial charge in [-0.05, 0) is 23.6 Å². The van der Waals surface area contributed by atoms with Crippen molar-refractivity contribution in [2.45, 2.75) is 9.92 Å². The highest BCUT2D eigenvalue weighted by molar-refractivity contribution is 8.00. The number of hydrogen-bond donors (Lipinski definition) is 0. The van der Waals surface area contributed by atoms with Crippen molar-refractivity contribution >= 4 is 49.2 Å². The normalized spacial score (nSPS) is 16.9. The molecule has 0 aliphatic carbocycles. The van der Waals surface area contributed by atoms with Crippen molar-refractivity contribution < 1.29 is 22.7 Å². The maximum absolute atomic E-state index is 13.1. The van der Waals surface area contributed by atoms with Crippen molar-refractivity contribution in [1.82, 2.24) is 19.2 Å². The quantitative estimate of drug-likeness (QED) is 0.394. The van der Waals surface area contributed by atoms with E-state index in [0.29, 0.717) is 37.8 Å². The molecule has 0 bridgehead atoms. The molecule has 0 radical (unpaired) electrons. The summed E-state index contributed by atoms with van der Waals surface area (Å²) in [5.41, 5.74) is 0.873. The van der Waals surface area contributed by atoms with E-state index >= 15 is 0 Å². The molecule has 1 fully saturated rings. The average molecular weight is 493 g/mol. The van der Waals surface area contributed by atoms with Crippen LogP contribution >= 0.6 is 23.1 Å². The van der Waals surface area contributed by atoms with E-state index < -0.39 is 10.0 Å². The van der Waals surface area contributed by atoms with Crippen LogP contribution in [0.3, 0.4) is 0 Å². The van der Waals surface area contributed by atoms with Crippen LogP contribution in [0, 0.1) is 0 Å². The summed E-state index contributed by atoms with van der Waals surface area (Å²) in [7, 11) is -3.68. The van der Waals surface area contributed by atoms with Gasteiger partial charge in [-0.1, -0.05) is 11.8 Å². The fourth-order valence-electron chi connectivity index (χ4n) is 3.60. The molecule has 0 saturated carbocycles. The maximum Gasteiger partial charge on any atom is 0.243 e. The lowest BCUT2D eigenvalue weighted by molar-refractivity contribution is -0.129. The van der Waals surface area contributed by atoms with E-state index in [-0.39, 0.29) is 29.6 Å². The second-order valence-electron chi connectivity index (χ2n) is 7.19. The fourth-order valence-corrected chi connectivity index (χ4v) is 6.89. The molecule has 0 N–H and O–H groups in total. The Morgan fingerprint density at radius 3 is 2.66 bits per heavy atom.